The summed E-state index contributed by atoms with van der Waals surface area (Å²) in [5.74, 6) is 0.766. The van der Waals surface area contributed by atoms with E-state index in [1.165, 1.54) is 13.2 Å². The molecule has 0 N–H and O–H groups in total. The summed E-state index contributed by atoms with van der Waals surface area (Å²) < 4.78 is 19.1. The lowest BCUT2D eigenvalue weighted by Crippen LogP contribution is -2.49. The van der Waals surface area contributed by atoms with E-state index in [9.17, 15) is 9.18 Å². The molecule has 2 aliphatic heterocycles. The first-order valence-electron chi connectivity index (χ1n) is 12.6. The van der Waals surface area contributed by atoms with Crippen LogP contribution in [0.5, 0.6) is 5.75 Å². The lowest BCUT2D eigenvalue weighted by Gasteiger charge is -2.34. The summed E-state index contributed by atoms with van der Waals surface area (Å²) in [6.07, 6.45) is 7.66. The molecule has 8 heteroatoms. The Morgan fingerprint density at radius 1 is 1.00 bits per heavy atom. The summed E-state index contributed by atoms with van der Waals surface area (Å²) in [6.45, 7) is 2.81. The van der Waals surface area contributed by atoms with Crippen LogP contribution in [0.2, 0.25) is 0 Å². The molecule has 1 amide bonds. The molecule has 0 spiro atoms. The van der Waals surface area contributed by atoms with Crippen molar-refractivity contribution in [3.05, 3.63) is 90.0 Å². The largest absolute Gasteiger partial charge is 0.494 e. The highest BCUT2D eigenvalue weighted by atomic mass is 19.1. The van der Waals surface area contributed by atoms with Gasteiger partial charge in [0.15, 0.2) is 11.6 Å². The van der Waals surface area contributed by atoms with Crippen LogP contribution < -0.4 is 9.64 Å². The van der Waals surface area contributed by atoms with Crippen LogP contribution in [0.4, 0.5) is 10.3 Å². The predicted octanol–water partition coefficient (Wildman–Crippen LogP) is 4.60. The van der Waals surface area contributed by atoms with E-state index in [1.807, 2.05) is 23.1 Å². The van der Waals surface area contributed by atoms with Gasteiger partial charge in [0.05, 0.1) is 18.5 Å². The number of ether oxygens (including phenoxy) is 1. The Kier molecular flexibility index (Phi) is 7.54. The molecule has 7 nitrogen and oxygen atoms in total. The van der Waals surface area contributed by atoms with Gasteiger partial charge in [0.1, 0.15) is 0 Å². The summed E-state index contributed by atoms with van der Waals surface area (Å²) >= 11 is 0. The van der Waals surface area contributed by atoms with Crippen molar-refractivity contribution in [3.8, 4) is 5.75 Å². The van der Waals surface area contributed by atoms with Gasteiger partial charge in [-0.25, -0.2) is 14.4 Å². The maximum absolute atomic E-state index is 14.0. The van der Waals surface area contributed by atoms with Crippen LogP contribution in [0.1, 0.15) is 30.4 Å². The Hall–Kier alpha value is -4.07. The number of nitrogens with zero attached hydrogens (tertiary/aromatic N) is 5. The van der Waals surface area contributed by atoms with E-state index in [-0.39, 0.29) is 17.6 Å². The van der Waals surface area contributed by atoms with E-state index in [0.29, 0.717) is 25.5 Å². The third-order valence-electron chi connectivity index (χ3n) is 6.84. The highest BCUT2D eigenvalue weighted by Gasteiger charge is 2.26. The Labute approximate surface area is 216 Å². The van der Waals surface area contributed by atoms with Gasteiger partial charge in [0, 0.05) is 56.5 Å². The van der Waals surface area contributed by atoms with Gasteiger partial charge in [0.25, 0.3) is 0 Å². The van der Waals surface area contributed by atoms with E-state index in [4.69, 9.17) is 9.73 Å². The first kappa shape index (κ1) is 24.6. The fourth-order valence-corrected chi connectivity index (χ4v) is 4.85. The van der Waals surface area contributed by atoms with Crippen LogP contribution in [-0.2, 0) is 4.79 Å². The van der Waals surface area contributed by atoms with E-state index >= 15 is 0 Å². The number of amides is 1. The van der Waals surface area contributed by atoms with E-state index in [2.05, 4.69) is 33.1 Å². The first-order chi connectivity index (χ1) is 18.1. The molecule has 1 unspecified atom stereocenters. The molecule has 1 fully saturated rings. The fourth-order valence-electron chi connectivity index (χ4n) is 4.85. The normalized spacial score (nSPS) is 17.4. The number of hydrogen-bond acceptors (Lipinski definition) is 6. The van der Waals surface area contributed by atoms with Crippen molar-refractivity contribution in [1.82, 2.24) is 14.9 Å². The number of methoxy groups -OCH3 is 1. The number of carbonyl (C=O) groups is 1. The fraction of sp³-hybridized carbons (Fsp3) is 0.310. The molecule has 190 valence electrons. The first-order valence-corrected chi connectivity index (χ1v) is 12.6. The molecule has 1 atom stereocenters. The lowest BCUT2D eigenvalue weighted by atomic mass is 9.92. The van der Waals surface area contributed by atoms with Crippen LogP contribution in [0.15, 0.2) is 78.1 Å². The standard InChI is InChI=1S/C29H30FN5O2/c1-37-26-20-22(11-12-24(26)30)25-19-23(28(33-25)21-7-3-2-4-8-21)9-5-10-27(36)34-15-17-35(18-16-34)29-31-13-6-14-32-29/h2-4,6-8,11-14,19-20,23H,5,9-10,15-18H2,1H3. The van der Waals surface area contributed by atoms with Crippen molar-refractivity contribution < 1.29 is 13.9 Å². The molecule has 5 rings (SSSR count). The molecule has 37 heavy (non-hydrogen) atoms. The Morgan fingerprint density at radius 3 is 2.49 bits per heavy atom. The molecule has 1 saturated heterocycles. The van der Waals surface area contributed by atoms with Crippen molar-refractivity contribution in [2.45, 2.75) is 19.3 Å². The zero-order valence-electron chi connectivity index (χ0n) is 20.9. The van der Waals surface area contributed by atoms with Gasteiger partial charge in [0.2, 0.25) is 11.9 Å². The SMILES string of the molecule is COc1cc(C2=CC(CCCC(=O)N3CCN(c4ncccn4)CC3)C(c3ccccc3)=N2)ccc1F. The second-order valence-corrected chi connectivity index (χ2v) is 9.18. The van der Waals surface area contributed by atoms with Crippen molar-refractivity contribution in [2.24, 2.45) is 10.9 Å². The highest BCUT2D eigenvalue weighted by molar-refractivity contribution is 6.09. The van der Waals surface area contributed by atoms with Gasteiger partial charge in [-0.1, -0.05) is 30.3 Å². The average molecular weight is 500 g/mol. The van der Waals surface area contributed by atoms with Crippen LogP contribution in [0, 0.1) is 11.7 Å². The number of piperazine rings is 1. The summed E-state index contributed by atoms with van der Waals surface area (Å²) in [5.41, 5.74) is 3.64. The molecular weight excluding hydrogens is 469 g/mol. The van der Waals surface area contributed by atoms with Crippen LogP contribution in [-0.4, -0.2) is 59.8 Å². The smallest absolute Gasteiger partial charge is 0.225 e. The Morgan fingerprint density at radius 2 is 1.76 bits per heavy atom. The van der Waals surface area contributed by atoms with Crippen molar-refractivity contribution in [2.75, 3.05) is 38.2 Å². The van der Waals surface area contributed by atoms with E-state index in [1.54, 1.807) is 30.6 Å². The average Bonchev–Trinajstić information content (AvgIpc) is 3.38. The zero-order valence-corrected chi connectivity index (χ0v) is 20.9. The zero-order chi connectivity index (χ0) is 25.6. The quantitative estimate of drug-likeness (QED) is 0.453. The van der Waals surface area contributed by atoms with Gasteiger partial charge in [-0.2, -0.15) is 0 Å². The number of anilines is 1. The van der Waals surface area contributed by atoms with E-state index < -0.39 is 5.82 Å². The topological polar surface area (TPSA) is 70.9 Å². The monoisotopic (exact) mass is 499 g/mol. The maximum atomic E-state index is 14.0. The molecule has 0 bridgehead atoms. The summed E-state index contributed by atoms with van der Waals surface area (Å²) in [7, 11) is 1.46. The van der Waals surface area contributed by atoms with E-state index in [0.717, 1.165) is 48.5 Å². The lowest BCUT2D eigenvalue weighted by molar-refractivity contribution is -0.131. The molecule has 2 aliphatic rings. The van der Waals surface area contributed by atoms with Gasteiger partial charge in [-0.05, 0) is 48.7 Å². The van der Waals surface area contributed by atoms with Crippen molar-refractivity contribution in [3.63, 3.8) is 0 Å². The van der Waals surface area contributed by atoms with Gasteiger partial charge < -0.3 is 14.5 Å². The Bertz CT molecular complexity index is 1290. The summed E-state index contributed by atoms with van der Waals surface area (Å²) in [5, 5.41) is 0. The summed E-state index contributed by atoms with van der Waals surface area (Å²) in [6, 6.07) is 16.7. The Balaban J connectivity index is 1.22. The maximum Gasteiger partial charge on any atom is 0.225 e. The number of aromatic nitrogens is 2. The van der Waals surface area contributed by atoms with Crippen LogP contribution in [0.3, 0.4) is 0 Å². The molecule has 3 heterocycles. The van der Waals surface area contributed by atoms with Gasteiger partial charge in [-0.15, -0.1) is 0 Å². The molecule has 2 aromatic carbocycles. The molecule has 3 aromatic rings. The third kappa shape index (κ3) is 5.69. The van der Waals surface area contributed by atoms with Gasteiger partial charge in [-0.3, -0.25) is 9.79 Å². The van der Waals surface area contributed by atoms with Crippen molar-refractivity contribution >= 4 is 23.3 Å². The van der Waals surface area contributed by atoms with Crippen LogP contribution in [0.25, 0.3) is 5.70 Å². The number of hydrogen-bond donors (Lipinski definition) is 0. The number of allylic oxidation sites excluding steroid dienone is 1. The molecule has 0 saturated carbocycles. The minimum absolute atomic E-state index is 0.0772. The molecular formula is C29H30FN5O2. The number of rotatable bonds is 8. The molecule has 1 aromatic heterocycles. The number of halogens is 1. The third-order valence-corrected chi connectivity index (χ3v) is 6.84. The second kappa shape index (κ2) is 11.3. The number of carbonyl (C=O) groups excluding carboxylic acids is 1. The second-order valence-electron chi connectivity index (χ2n) is 9.18. The minimum Gasteiger partial charge on any atom is -0.494 e. The predicted molar refractivity (Wildman–Crippen MR) is 142 cm³/mol. The van der Waals surface area contributed by atoms with Crippen LogP contribution >= 0.6 is 0 Å². The summed E-state index contributed by atoms with van der Waals surface area (Å²) in [4.78, 5) is 30.5. The highest BCUT2D eigenvalue weighted by Crippen LogP contribution is 2.33. The molecule has 0 radical (unpaired) electrons. The molecule has 0 aliphatic carbocycles. The van der Waals surface area contributed by atoms with Gasteiger partial charge >= 0.3 is 0 Å². The van der Waals surface area contributed by atoms with Crippen molar-refractivity contribution in [1.29, 1.82) is 0 Å². The minimum atomic E-state index is -0.399. The number of aliphatic imine (C=N–C) groups is 1. The number of benzene rings is 2.